The van der Waals surface area contributed by atoms with Crippen molar-refractivity contribution >= 4 is 35.0 Å². The average molecular weight is 370 g/mol. The highest BCUT2D eigenvalue weighted by molar-refractivity contribution is 7.90. The standard InChI is InChI=1S/C16H23NO5SSi/c1-22-16(19)11-13-9-12-10-14(18)5-6-15(12)17(13)23(20,21)7-8-24(2,3)4/h5-6,9-10,18H,7-8,11H2,1-4H3. The highest BCUT2D eigenvalue weighted by atomic mass is 32.2. The molecule has 132 valence electrons. The SMILES string of the molecule is COC(=O)Cc1cc2cc(O)ccc2n1S(=O)(=O)CC[Si](C)(C)C. The van der Waals surface area contributed by atoms with Gasteiger partial charge in [-0.25, -0.2) is 12.4 Å². The molecule has 0 saturated carbocycles. The Morgan fingerprint density at radius 2 is 1.92 bits per heavy atom. The van der Waals surface area contributed by atoms with Crippen LogP contribution >= 0.6 is 0 Å². The number of carbonyl (C=O) groups is 1. The molecular weight excluding hydrogens is 346 g/mol. The zero-order valence-corrected chi connectivity index (χ0v) is 16.2. The summed E-state index contributed by atoms with van der Waals surface area (Å²) < 4.78 is 31.7. The number of phenols is 1. The number of hydrogen-bond donors (Lipinski definition) is 1. The number of rotatable bonds is 6. The number of fused-ring (bicyclic) bond motifs is 1. The first-order valence-corrected chi connectivity index (χ1v) is 13.0. The van der Waals surface area contributed by atoms with Gasteiger partial charge in [-0.3, -0.25) is 4.79 Å². The lowest BCUT2D eigenvalue weighted by molar-refractivity contribution is -0.139. The molecule has 1 heterocycles. The van der Waals surface area contributed by atoms with E-state index in [0.29, 0.717) is 22.6 Å². The van der Waals surface area contributed by atoms with Gasteiger partial charge in [-0.1, -0.05) is 19.6 Å². The fraction of sp³-hybridized carbons (Fsp3) is 0.438. The Hall–Kier alpha value is -1.80. The maximum atomic E-state index is 12.9. The molecule has 2 aromatic rings. The number of nitrogens with zero attached hydrogens (tertiary/aromatic N) is 1. The molecule has 0 radical (unpaired) electrons. The Balaban J connectivity index is 2.56. The number of ether oxygens (including phenoxy) is 1. The van der Waals surface area contributed by atoms with E-state index in [-0.39, 0.29) is 17.9 Å². The molecule has 0 atom stereocenters. The largest absolute Gasteiger partial charge is 0.508 e. The van der Waals surface area contributed by atoms with Gasteiger partial charge < -0.3 is 9.84 Å². The van der Waals surface area contributed by atoms with Crippen molar-refractivity contribution in [1.29, 1.82) is 0 Å². The van der Waals surface area contributed by atoms with Crippen molar-refractivity contribution in [3.05, 3.63) is 30.0 Å². The summed E-state index contributed by atoms with van der Waals surface area (Å²) >= 11 is 0. The van der Waals surface area contributed by atoms with Gasteiger partial charge in [0.2, 0.25) is 10.0 Å². The van der Waals surface area contributed by atoms with Gasteiger partial charge in [0.25, 0.3) is 0 Å². The number of carbonyl (C=O) groups excluding carboxylic acids is 1. The number of methoxy groups -OCH3 is 1. The summed E-state index contributed by atoms with van der Waals surface area (Å²) in [7, 11) is -3.88. The lowest BCUT2D eigenvalue weighted by Crippen LogP contribution is -2.27. The molecule has 0 saturated heterocycles. The summed E-state index contributed by atoms with van der Waals surface area (Å²) in [5.74, 6) is -0.436. The zero-order valence-electron chi connectivity index (χ0n) is 14.4. The van der Waals surface area contributed by atoms with Gasteiger partial charge in [0, 0.05) is 19.2 Å². The van der Waals surface area contributed by atoms with E-state index in [1.54, 1.807) is 12.1 Å². The second-order valence-corrected chi connectivity index (χ2v) is 14.6. The third-order valence-corrected chi connectivity index (χ3v) is 7.57. The Kier molecular flexibility index (Phi) is 5.10. The van der Waals surface area contributed by atoms with Crippen LogP contribution in [0.5, 0.6) is 5.75 Å². The monoisotopic (exact) mass is 369 g/mol. The van der Waals surface area contributed by atoms with Crippen molar-refractivity contribution in [3.63, 3.8) is 0 Å². The molecule has 0 aliphatic carbocycles. The maximum Gasteiger partial charge on any atom is 0.311 e. The highest BCUT2D eigenvalue weighted by Gasteiger charge is 2.25. The van der Waals surface area contributed by atoms with Crippen molar-refractivity contribution in [1.82, 2.24) is 3.97 Å². The molecule has 1 aromatic carbocycles. The number of hydrogen-bond acceptors (Lipinski definition) is 5. The van der Waals surface area contributed by atoms with E-state index in [9.17, 15) is 18.3 Å². The Labute approximate surface area is 143 Å². The third-order valence-electron chi connectivity index (χ3n) is 3.75. The van der Waals surface area contributed by atoms with Gasteiger partial charge in [0.15, 0.2) is 0 Å². The summed E-state index contributed by atoms with van der Waals surface area (Å²) in [6.45, 7) is 6.34. The lowest BCUT2D eigenvalue weighted by atomic mass is 10.2. The molecule has 0 aliphatic heterocycles. The van der Waals surface area contributed by atoms with E-state index in [1.165, 1.54) is 23.2 Å². The molecule has 8 heteroatoms. The zero-order chi connectivity index (χ0) is 18.1. The first-order valence-electron chi connectivity index (χ1n) is 7.67. The molecule has 1 N–H and O–H groups in total. The van der Waals surface area contributed by atoms with Crippen LogP contribution in [0.2, 0.25) is 25.7 Å². The molecule has 1 aromatic heterocycles. The predicted octanol–water partition coefficient (Wildman–Crippen LogP) is 2.58. The molecule has 0 fully saturated rings. The molecule has 0 spiro atoms. The van der Waals surface area contributed by atoms with Crippen LogP contribution in [0.25, 0.3) is 10.9 Å². The summed E-state index contributed by atoms with van der Waals surface area (Å²) in [6.07, 6.45) is -0.141. The minimum Gasteiger partial charge on any atom is -0.508 e. The van der Waals surface area contributed by atoms with Crippen molar-refractivity contribution in [2.75, 3.05) is 12.9 Å². The number of aromatic hydroxyl groups is 1. The fourth-order valence-electron chi connectivity index (χ4n) is 2.43. The van der Waals surface area contributed by atoms with E-state index in [1.807, 2.05) is 0 Å². The van der Waals surface area contributed by atoms with Gasteiger partial charge in [-0.05, 0) is 30.3 Å². The van der Waals surface area contributed by atoms with Crippen molar-refractivity contribution in [2.24, 2.45) is 0 Å². The quantitative estimate of drug-likeness (QED) is 0.625. The topological polar surface area (TPSA) is 85.6 Å². The molecule has 24 heavy (non-hydrogen) atoms. The van der Waals surface area contributed by atoms with Crippen LogP contribution in [-0.2, 0) is 26.0 Å². The summed E-state index contributed by atoms with van der Waals surface area (Å²) in [5, 5.41) is 10.2. The second kappa shape index (κ2) is 6.60. The number of benzene rings is 1. The van der Waals surface area contributed by atoms with Crippen LogP contribution in [0, 0.1) is 0 Å². The van der Waals surface area contributed by atoms with Crippen molar-refractivity contribution < 1.29 is 23.1 Å². The van der Waals surface area contributed by atoms with Gasteiger partial charge in [0.05, 0.1) is 24.8 Å². The van der Waals surface area contributed by atoms with Crippen LogP contribution in [0.4, 0.5) is 0 Å². The minimum absolute atomic E-state index is 0.0293. The molecular formula is C16H23NO5SSi. The first-order chi connectivity index (χ1) is 11.0. The number of aromatic nitrogens is 1. The van der Waals surface area contributed by atoms with Gasteiger partial charge in [0.1, 0.15) is 5.75 Å². The number of phenolic OH excluding ortho intramolecular Hbond substituents is 1. The summed E-state index contributed by atoms with van der Waals surface area (Å²) in [6, 6.07) is 6.72. The molecule has 2 rings (SSSR count). The Morgan fingerprint density at radius 1 is 1.25 bits per heavy atom. The maximum absolute atomic E-state index is 12.9. The second-order valence-electron chi connectivity index (χ2n) is 7.02. The van der Waals surface area contributed by atoms with Crippen molar-refractivity contribution in [3.8, 4) is 5.75 Å². The van der Waals surface area contributed by atoms with Crippen LogP contribution in [0.3, 0.4) is 0 Å². The van der Waals surface area contributed by atoms with Crippen LogP contribution in [0.1, 0.15) is 5.69 Å². The first kappa shape index (κ1) is 18.5. The highest BCUT2D eigenvalue weighted by Crippen LogP contribution is 2.27. The van der Waals surface area contributed by atoms with Crippen LogP contribution in [-0.4, -0.2) is 44.4 Å². The molecule has 0 bridgehead atoms. The Morgan fingerprint density at radius 3 is 2.50 bits per heavy atom. The predicted molar refractivity (Wildman–Crippen MR) is 96.7 cm³/mol. The average Bonchev–Trinajstić information content (AvgIpc) is 2.82. The fourth-order valence-corrected chi connectivity index (χ4v) is 7.04. The Bertz CT molecular complexity index is 864. The smallest absolute Gasteiger partial charge is 0.311 e. The molecule has 6 nitrogen and oxygen atoms in total. The summed E-state index contributed by atoms with van der Waals surface area (Å²) in [4.78, 5) is 11.6. The third kappa shape index (κ3) is 4.18. The van der Waals surface area contributed by atoms with E-state index < -0.39 is 24.1 Å². The van der Waals surface area contributed by atoms with Gasteiger partial charge >= 0.3 is 5.97 Å². The van der Waals surface area contributed by atoms with E-state index >= 15 is 0 Å². The lowest BCUT2D eigenvalue weighted by Gasteiger charge is -2.17. The van der Waals surface area contributed by atoms with Crippen LogP contribution < -0.4 is 0 Å². The van der Waals surface area contributed by atoms with E-state index in [4.69, 9.17) is 0 Å². The van der Waals surface area contributed by atoms with Crippen molar-refractivity contribution in [2.45, 2.75) is 32.1 Å². The molecule has 0 amide bonds. The van der Waals surface area contributed by atoms with Gasteiger partial charge in [-0.15, -0.1) is 0 Å². The molecule has 0 unspecified atom stereocenters. The van der Waals surface area contributed by atoms with Gasteiger partial charge in [-0.2, -0.15) is 0 Å². The minimum atomic E-state index is -3.61. The number of esters is 1. The van der Waals surface area contributed by atoms with E-state index in [0.717, 1.165) is 0 Å². The normalized spacial score (nSPS) is 12.5. The van der Waals surface area contributed by atoms with E-state index in [2.05, 4.69) is 24.4 Å². The molecule has 0 aliphatic rings. The van der Waals surface area contributed by atoms with Crippen LogP contribution in [0.15, 0.2) is 24.3 Å². The summed E-state index contributed by atoms with van der Waals surface area (Å²) in [5.41, 5.74) is 0.806.